The van der Waals surface area contributed by atoms with Crippen LogP contribution in [0.5, 0.6) is 0 Å². The van der Waals surface area contributed by atoms with Gasteiger partial charge in [0.25, 0.3) is 11.8 Å². The number of aromatic nitrogens is 2. The number of rotatable bonds is 6. The summed E-state index contributed by atoms with van der Waals surface area (Å²) in [4.78, 5) is 24.3. The molecule has 2 amide bonds. The van der Waals surface area contributed by atoms with E-state index in [1.807, 2.05) is 36.5 Å². The smallest absolute Gasteiger partial charge is 0.291 e. The van der Waals surface area contributed by atoms with E-state index in [4.69, 9.17) is 4.42 Å². The van der Waals surface area contributed by atoms with Crippen LogP contribution in [0.2, 0.25) is 0 Å². The van der Waals surface area contributed by atoms with Crippen LogP contribution in [-0.2, 0) is 6.54 Å². The van der Waals surface area contributed by atoms with Crippen molar-refractivity contribution < 1.29 is 14.0 Å². The number of nitrogens with one attached hydrogen (secondary N) is 2. The molecule has 0 fully saturated rings. The summed E-state index contributed by atoms with van der Waals surface area (Å²) in [6.07, 6.45) is 5.04. The molecule has 144 valence electrons. The summed E-state index contributed by atoms with van der Waals surface area (Å²) in [5.41, 5.74) is 2.92. The van der Waals surface area contributed by atoms with E-state index >= 15 is 0 Å². The number of carbonyl (C=O) groups excluding carboxylic acids is 2. The molecule has 2 aromatic heterocycles. The van der Waals surface area contributed by atoms with Gasteiger partial charge >= 0.3 is 0 Å². The van der Waals surface area contributed by atoms with Gasteiger partial charge in [-0.05, 0) is 48.5 Å². The maximum atomic E-state index is 12.4. The molecule has 0 atom stereocenters. The highest BCUT2D eigenvalue weighted by Crippen LogP contribution is 2.12. The minimum Gasteiger partial charge on any atom is -0.459 e. The Morgan fingerprint density at radius 2 is 1.72 bits per heavy atom. The summed E-state index contributed by atoms with van der Waals surface area (Å²) in [6.45, 7) is 0.364. The lowest BCUT2D eigenvalue weighted by atomic mass is 10.2. The number of anilines is 1. The fourth-order valence-corrected chi connectivity index (χ4v) is 2.76. The normalized spacial score (nSPS) is 10.5. The Hall–Kier alpha value is -4.13. The molecule has 0 spiro atoms. The van der Waals surface area contributed by atoms with Gasteiger partial charge in [0.05, 0.1) is 18.1 Å². The lowest BCUT2D eigenvalue weighted by Crippen LogP contribution is -2.22. The molecule has 2 heterocycles. The lowest BCUT2D eigenvalue weighted by molar-refractivity contribution is 0.0950. The van der Waals surface area contributed by atoms with Crippen molar-refractivity contribution in [3.05, 3.63) is 102 Å². The molecule has 0 aliphatic carbocycles. The fraction of sp³-hybridized carbons (Fsp3) is 0.0455. The van der Waals surface area contributed by atoms with Gasteiger partial charge in [-0.15, -0.1) is 0 Å². The molecular weight excluding hydrogens is 368 g/mol. The minimum absolute atomic E-state index is 0.207. The van der Waals surface area contributed by atoms with Crippen LogP contribution in [0.1, 0.15) is 26.5 Å². The molecule has 0 saturated heterocycles. The van der Waals surface area contributed by atoms with E-state index in [1.54, 1.807) is 47.3 Å². The maximum Gasteiger partial charge on any atom is 0.291 e. The molecule has 4 rings (SSSR count). The molecule has 0 radical (unpaired) electrons. The molecule has 4 aromatic rings. The Morgan fingerprint density at radius 1 is 0.931 bits per heavy atom. The second-order valence-corrected chi connectivity index (χ2v) is 6.32. The van der Waals surface area contributed by atoms with Gasteiger partial charge in [-0.1, -0.05) is 18.2 Å². The number of benzene rings is 2. The van der Waals surface area contributed by atoms with Gasteiger partial charge in [0.15, 0.2) is 5.76 Å². The van der Waals surface area contributed by atoms with Gasteiger partial charge in [0, 0.05) is 29.6 Å². The van der Waals surface area contributed by atoms with Crippen LogP contribution in [0, 0.1) is 0 Å². The zero-order valence-corrected chi connectivity index (χ0v) is 15.4. The number of furan rings is 1. The summed E-state index contributed by atoms with van der Waals surface area (Å²) >= 11 is 0. The monoisotopic (exact) mass is 386 g/mol. The molecule has 7 nitrogen and oxygen atoms in total. The molecule has 7 heteroatoms. The summed E-state index contributed by atoms with van der Waals surface area (Å²) in [6, 6.07) is 19.6. The number of hydrogen-bond donors (Lipinski definition) is 2. The fourth-order valence-electron chi connectivity index (χ4n) is 2.76. The quantitative estimate of drug-likeness (QED) is 0.529. The SMILES string of the molecule is O=C(NCc1cnn(-c2ccccc2)c1)c1ccc(NC(=O)c2ccco2)cc1. The third kappa shape index (κ3) is 4.41. The predicted molar refractivity (Wildman–Crippen MR) is 108 cm³/mol. The highest BCUT2D eigenvalue weighted by atomic mass is 16.3. The molecule has 2 N–H and O–H groups in total. The molecule has 0 bridgehead atoms. The first-order chi connectivity index (χ1) is 14.2. The topological polar surface area (TPSA) is 89.2 Å². The van der Waals surface area contributed by atoms with Gasteiger partial charge in [0.2, 0.25) is 0 Å². The molecule has 2 aromatic carbocycles. The second kappa shape index (κ2) is 8.26. The van der Waals surface area contributed by atoms with Gasteiger partial charge in [-0.25, -0.2) is 4.68 Å². The number of para-hydroxylation sites is 1. The molecule has 0 aliphatic heterocycles. The summed E-state index contributed by atoms with van der Waals surface area (Å²) in [7, 11) is 0. The summed E-state index contributed by atoms with van der Waals surface area (Å²) < 4.78 is 6.81. The molecule has 0 saturated carbocycles. The summed E-state index contributed by atoms with van der Waals surface area (Å²) in [5, 5.41) is 9.89. The van der Waals surface area contributed by atoms with Crippen LogP contribution >= 0.6 is 0 Å². The Morgan fingerprint density at radius 3 is 2.45 bits per heavy atom. The highest BCUT2D eigenvalue weighted by molar-refractivity contribution is 6.02. The minimum atomic E-state index is -0.345. The first kappa shape index (κ1) is 18.2. The standard InChI is InChI=1S/C22H18N4O3/c27-21(23-13-16-14-24-26(15-16)19-5-2-1-3-6-19)17-8-10-18(11-9-17)25-22(28)20-7-4-12-29-20/h1-12,14-15H,13H2,(H,23,27)(H,25,28). The Kier molecular flexibility index (Phi) is 5.20. The van der Waals surface area contributed by atoms with Crippen LogP contribution in [0.3, 0.4) is 0 Å². The van der Waals surface area contributed by atoms with E-state index < -0.39 is 0 Å². The van der Waals surface area contributed by atoms with Gasteiger partial charge < -0.3 is 15.1 Å². The van der Waals surface area contributed by atoms with E-state index in [9.17, 15) is 9.59 Å². The van der Waals surface area contributed by atoms with Crippen molar-refractivity contribution in [1.82, 2.24) is 15.1 Å². The molecule has 0 aliphatic rings. The Labute approximate surface area is 167 Å². The summed E-state index contributed by atoms with van der Waals surface area (Å²) in [5.74, 6) is -0.327. The maximum absolute atomic E-state index is 12.4. The number of carbonyl (C=O) groups is 2. The number of nitrogens with zero attached hydrogens (tertiary/aromatic N) is 2. The van der Waals surface area contributed by atoms with E-state index in [0.29, 0.717) is 17.8 Å². The predicted octanol–water partition coefficient (Wildman–Crippen LogP) is 3.65. The first-order valence-corrected chi connectivity index (χ1v) is 9.01. The van der Waals surface area contributed by atoms with Crippen molar-refractivity contribution in [2.45, 2.75) is 6.54 Å². The van der Waals surface area contributed by atoms with Gasteiger partial charge in [0.1, 0.15) is 0 Å². The van der Waals surface area contributed by atoms with Crippen molar-refractivity contribution in [3.8, 4) is 5.69 Å². The van der Waals surface area contributed by atoms with Crippen LogP contribution < -0.4 is 10.6 Å². The van der Waals surface area contributed by atoms with Crippen molar-refractivity contribution in [3.63, 3.8) is 0 Å². The number of hydrogen-bond acceptors (Lipinski definition) is 4. The molecule has 29 heavy (non-hydrogen) atoms. The highest BCUT2D eigenvalue weighted by Gasteiger charge is 2.10. The second-order valence-electron chi connectivity index (χ2n) is 6.32. The Balaban J connectivity index is 1.33. The van der Waals surface area contributed by atoms with E-state index in [2.05, 4.69) is 15.7 Å². The van der Waals surface area contributed by atoms with E-state index in [-0.39, 0.29) is 17.6 Å². The molecular formula is C22H18N4O3. The average Bonchev–Trinajstić information content (AvgIpc) is 3.45. The molecule has 0 unspecified atom stereocenters. The zero-order valence-electron chi connectivity index (χ0n) is 15.4. The number of amides is 2. The van der Waals surface area contributed by atoms with Crippen LogP contribution in [0.25, 0.3) is 5.69 Å². The van der Waals surface area contributed by atoms with Crippen molar-refractivity contribution in [1.29, 1.82) is 0 Å². The van der Waals surface area contributed by atoms with Crippen molar-refractivity contribution in [2.24, 2.45) is 0 Å². The van der Waals surface area contributed by atoms with Crippen molar-refractivity contribution >= 4 is 17.5 Å². The van der Waals surface area contributed by atoms with Crippen molar-refractivity contribution in [2.75, 3.05) is 5.32 Å². The van der Waals surface area contributed by atoms with Crippen LogP contribution in [0.15, 0.2) is 89.8 Å². The Bertz CT molecular complexity index is 1100. The largest absolute Gasteiger partial charge is 0.459 e. The zero-order chi connectivity index (χ0) is 20.1. The van der Waals surface area contributed by atoms with E-state index in [1.165, 1.54) is 6.26 Å². The van der Waals surface area contributed by atoms with Gasteiger partial charge in [-0.2, -0.15) is 5.10 Å². The van der Waals surface area contributed by atoms with E-state index in [0.717, 1.165) is 11.3 Å². The first-order valence-electron chi connectivity index (χ1n) is 9.01. The third-order valence-electron chi connectivity index (χ3n) is 4.26. The average molecular weight is 386 g/mol. The van der Waals surface area contributed by atoms with Crippen LogP contribution in [0.4, 0.5) is 5.69 Å². The van der Waals surface area contributed by atoms with Crippen LogP contribution in [-0.4, -0.2) is 21.6 Å². The lowest BCUT2D eigenvalue weighted by Gasteiger charge is -2.06. The third-order valence-corrected chi connectivity index (χ3v) is 4.26. The van der Waals surface area contributed by atoms with Gasteiger partial charge in [-0.3, -0.25) is 9.59 Å².